The van der Waals surface area contributed by atoms with Crippen LogP contribution in [0, 0.1) is 0 Å². The van der Waals surface area contributed by atoms with E-state index in [1.165, 1.54) is 10.9 Å². The first kappa shape index (κ1) is 17.2. The number of anilines is 1. The minimum Gasteiger partial charge on any atom is -0.464 e. The summed E-state index contributed by atoms with van der Waals surface area (Å²) in [5.74, 6) is -0.696. The van der Waals surface area contributed by atoms with E-state index in [1.807, 2.05) is 0 Å². The Labute approximate surface area is 145 Å². The second kappa shape index (κ2) is 6.67. The van der Waals surface area contributed by atoms with Crippen molar-refractivity contribution in [2.45, 2.75) is 39.3 Å². The molecule has 0 aliphatic carbocycles. The first-order valence-electron chi connectivity index (χ1n) is 8.24. The van der Waals surface area contributed by atoms with Gasteiger partial charge in [0.15, 0.2) is 11.2 Å². The smallest absolute Gasteiger partial charge is 0.333 e. The van der Waals surface area contributed by atoms with E-state index in [4.69, 9.17) is 4.74 Å². The van der Waals surface area contributed by atoms with Crippen LogP contribution in [0.2, 0.25) is 0 Å². The molecule has 0 saturated heterocycles. The highest BCUT2D eigenvalue weighted by Gasteiger charge is 2.32. The fraction of sp³-hybridized carbons (Fsp3) is 0.500. The minimum atomic E-state index is -0.964. The Kier molecular flexibility index (Phi) is 4.58. The zero-order valence-corrected chi connectivity index (χ0v) is 14.5. The summed E-state index contributed by atoms with van der Waals surface area (Å²) in [6.07, 6.45) is 3.92. The predicted molar refractivity (Wildman–Crippen MR) is 90.1 cm³/mol. The summed E-state index contributed by atoms with van der Waals surface area (Å²) in [4.78, 5) is 24.5. The van der Waals surface area contributed by atoms with Crippen LogP contribution in [-0.4, -0.2) is 45.0 Å². The van der Waals surface area contributed by atoms with E-state index in [0.29, 0.717) is 24.5 Å². The molecule has 0 saturated carbocycles. The molecule has 2 aromatic heterocycles. The van der Waals surface area contributed by atoms with Crippen LogP contribution in [-0.2, 0) is 28.0 Å². The first-order valence-corrected chi connectivity index (χ1v) is 8.24. The SMILES string of the molecule is CCOC(=O)C(C)(C)n1cc(NC(=O)c2n[nH]c3c2CNCC3)cn1. The molecule has 0 spiro atoms. The van der Waals surface area contributed by atoms with Gasteiger partial charge in [0.1, 0.15) is 0 Å². The normalized spacial score (nSPS) is 14.0. The van der Waals surface area contributed by atoms with E-state index < -0.39 is 5.54 Å². The van der Waals surface area contributed by atoms with E-state index in [1.54, 1.807) is 27.0 Å². The minimum absolute atomic E-state index is 0.297. The predicted octanol–water partition coefficient (Wildman–Crippen LogP) is 0.802. The molecule has 0 bridgehead atoms. The van der Waals surface area contributed by atoms with Gasteiger partial charge in [0.25, 0.3) is 5.91 Å². The van der Waals surface area contributed by atoms with Crippen LogP contribution < -0.4 is 10.6 Å². The third-order valence-corrected chi connectivity index (χ3v) is 4.21. The maximum Gasteiger partial charge on any atom is 0.333 e. The number of aromatic nitrogens is 4. The Hall–Kier alpha value is -2.68. The number of rotatable bonds is 5. The molecule has 1 aliphatic heterocycles. The van der Waals surface area contributed by atoms with Crippen LogP contribution in [0.25, 0.3) is 0 Å². The molecule has 1 aliphatic rings. The highest BCUT2D eigenvalue weighted by Crippen LogP contribution is 2.20. The summed E-state index contributed by atoms with van der Waals surface area (Å²) in [5.41, 5.74) is 1.78. The third kappa shape index (κ3) is 3.27. The van der Waals surface area contributed by atoms with Crippen LogP contribution in [0.15, 0.2) is 12.4 Å². The first-order chi connectivity index (χ1) is 11.9. The molecule has 3 rings (SSSR count). The van der Waals surface area contributed by atoms with Gasteiger partial charge in [-0.25, -0.2) is 4.79 Å². The Morgan fingerprint density at radius 2 is 2.24 bits per heavy atom. The Morgan fingerprint density at radius 1 is 1.44 bits per heavy atom. The van der Waals surface area contributed by atoms with E-state index >= 15 is 0 Å². The third-order valence-electron chi connectivity index (χ3n) is 4.21. The number of hydrogen-bond acceptors (Lipinski definition) is 6. The highest BCUT2D eigenvalue weighted by atomic mass is 16.5. The number of esters is 1. The topological polar surface area (TPSA) is 114 Å². The molecule has 0 unspecified atom stereocenters. The molecule has 0 fully saturated rings. The second-order valence-corrected chi connectivity index (χ2v) is 6.36. The van der Waals surface area contributed by atoms with Crippen molar-refractivity contribution in [1.82, 2.24) is 25.3 Å². The van der Waals surface area contributed by atoms with Gasteiger partial charge in [-0.3, -0.25) is 14.6 Å². The highest BCUT2D eigenvalue weighted by molar-refractivity contribution is 6.03. The van der Waals surface area contributed by atoms with Gasteiger partial charge >= 0.3 is 5.97 Å². The summed E-state index contributed by atoms with van der Waals surface area (Å²) in [5, 5.41) is 17.2. The average Bonchev–Trinajstić information content (AvgIpc) is 3.22. The van der Waals surface area contributed by atoms with Gasteiger partial charge in [-0.05, 0) is 20.8 Å². The number of nitrogens with one attached hydrogen (secondary N) is 3. The molecule has 134 valence electrons. The van der Waals surface area contributed by atoms with Gasteiger partial charge in [-0.1, -0.05) is 0 Å². The molecule has 0 radical (unpaired) electrons. The number of carbonyl (C=O) groups is 2. The van der Waals surface area contributed by atoms with Gasteiger partial charge in [0, 0.05) is 37.0 Å². The average molecular weight is 346 g/mol. The molecular formula is C16H22N6O3. The number of fused-ring (bicyclic) bond motifs is 1. The lowest BCUT2D eigenvalue weighted by molar-refractivity contribution is -0.152. The van der Waals surface area contributed by atoms with Gasteiger partial charge in [0.05, 0.1) is 18.5 Å². The monoisotopic (exact) mass is 346 g/mol. The Morgan fingerprint density at radius 3 is 3.00 bits per heavy atom. The summed E-state index contributed by atoms with van der Waals surface area (Å²) in [7, 11) is 0. The largest absolute Gasteiger partial charge is 0.464 e. The standard InChI is InChI=1S/C16H22N6O3/c1-4-25-15(24)16(2,3)22-9-10(7-18-22)19-14(23)13-11-8-17-6-5-12(11)20-21-13/h7,9,17H,4-6,8H2,1-3H3,(H,19,23)(H,20,21). The maximum absolute atomic E-state index is 12.5. The van der Waals surface area contributed by atoms with Crippen molar-refractivity contribution in [3.8, 4) is 0 Å². The zero-order valence-electron chi connectivity index (χ0n) is 14.5. The second-order valence-electron chi connectivity index (χ2n) is 6.36. The van der Waals surface area contributed by atoms with Crippen LogP contribution in [0.5, 0.6) is 0 Å². The Bertz CT molecular complexity index is 792. The van der Waals surface area contributed by atoms with Crippen LogP contribution >= 0.6 is 0 Å². The summed E-state index contributed by atoms with van der Waals surface area (Å²) in [6.45, 7) is 6.95. The molecule has 3 N–H and O–H groups in total. The lowest BCUT2D eigenvalue weighted by Crippen LogP contribution is -2.37. The molecule has 0 atom stereocenters. The number of carbonyl (C=O) groups excluding carboxylic acids is 2. The van der Waals surface area contributed by atoms with Gasteiger partial charge < -0.3 is 15.4 Å². The van der Waals surface area contributed by atoms with Gasteiger partial charge in [-0.15, -0.1) is 0 Å². The number of amides is 1. The molecular weight excluding hydrogens is 324 g/mol. The van der Waals surface area contributed by atoms with Crippen LogP contribution in [0.4, 0.5) is 5.69 Å². The van der Waals surface area contributed by atoms with Crippen LogP contribution in [0.1, 0.15) is 42.5 Å². The quantitative estimate of drug-likeness (QED) is 0.690. The molecule has 9 nitrogen and oxygen atoms in total. The summed E-state index contributed by atoms with van der Waals surface area (Å²) in [6, 6.07) is 0. The molecule has 25 heavy (non-hydrogen) atoms. The Balaban J connectivity index is 1.74. The van der Waals surface area contributed by atoms with Crippen molar-refractivity contribution in [2.75, 3.05) is 18.5 Å². The molecule has 9 heteroatoms. The number of nitrogens with zero attached hydrogens (tertiary/aromatic N) is 3. The lowest BCUT2D eigenvalue weighted by atomic mass is 10.1. The van der Waals surface area contributed by atoms with Crippen LogP contribution in [0.3, 0.4) is 0 Å². The van der Waals surface area contributed by atoms with Crippen molar-refractivity contribution >= 4 is 17.6 Å². The van der Waals surface area contributed by atoms with E-state index in [0.717, 1.165) is 24.2 Å². The number of aromatic amines is 1. The van der Waals surface area contributed by atoms with Crippen molar-refractivity contribution < 1.29 is 14.3 Å². The zero-order chi connectivity index (χ0) is 18.0. The summed E-state index contributed by atoms with van der Waals surface area (Å²) < 4.78 is 6.54. The fourth-order valence-electron chi connectivity index (χ4n) is 2.70. The molecule has 3 heterocycles. The summed E-state index contributed by atoms with van der Waals surface area (Å²) >= 11 is 0. The number of ether oxygens (including phenoxy) is 1. The molecule has 0 aromatic carbocycles. The lowest BCUT2D eigenvalue weighted by Gasteiger charge is -2.22. The van der Waals surface area contributed by atoms with Crippen molar-refractivity contribution in [1.29, 1.82) is 0 Å². The number of hydrogen-bond donors (Lipinski definition) is 3. The fourth-order valence-corrected chi connectivity index (χ4v) is 2.70. The van der Waals surface area contributed by atoms with Crippen molar-refractivity contribution in [3.63, 3.8) is 0 Å². The van der Waals surface area contributed by atoms with E-state index in [9.17, 15) is 9.59 Å². The van der Waals surface area contributed by atoms with E-state index in [2.05, 4.69) is 25.9 Å². The van der Waals surface area contributed by atoms with Crippen molar-refractivity contribution in [2.24, 2.45) is 0 Å². The van der Waals surface area contributed by atoms with Gasteiger partial charge in [-0.2, -0.15) is 10.2 Å². The van der Waals surface area contributed by atoms with E-state index in [-0.39, 0.29) is 11.9 Å². The maximum atomic E-state index is 12.5. The molecule has 2 aromatic rings. The van der Waals surface area contributed by atoms with Crippen molar-refractivity contribution in [3.05, 3.63) is 29.3 Å². The molecule has 1 amide bonds. The van der Waals surface area contributed by atoms with Gasteiger partial charge in [0.2, 0.25) is 0 Å². The number of H-pyrrole nitrogens is 1.